The first kappa shape index (κ1) is 15.5. The zero-order chi connectivity index (χ0) is 14.9. The maximum atomic E-state index is 12.7. The summed E-state index contributed by atoms with van der Waals surface area (Å²) in [5.41, 5.74) is -0.746. The van der Waals surface area contributed by atoms with Crippen LogP contribution in [0.25, 0.3) is 0 Å². The van der Waals surface area contributed by atoms with Crippen molar-refractivity contribution in [2.45, 2.75) is 6.18 Å². The maximum absolute atomic E-state index is 12.7. The molecule has 0 saturated carbocycles. The van der Waals surface area contributed by atoms with Crippen LogP contribution in [0.5, 0.6) is 0 Å². The van der Waals surface area contributed by atoms with E-state index in [1.54, 1.807) is 11.4 Å². The van der Waals surface area contributed by atoms with E-state index >= 15 is 0 Å². The van der Waals surface area contributed by atoms with Crippen molar-refractivity contribution >= 4 is 54.8 Å². The molecule has 2 rings (SSSR count). The topological polar surface area (TPSA) is 29.1 Å². The number of anilines is 1. The largest absolute Gasteiger partial charge is 0.416 e. The van der Waals surface area contributed by atoms with Gasteiger partial charge in [0, 0.05) is 14.6 Å². The van der Waals surface area contributed by atoms with Gasteiger partial charge in [0.25, 0.3) is 5.91 Å². The lowest BCUT2D eigenvalue weighted by Crippen LogP contribution is -2.12. The van der Waals surface area contributed by atoms with Gasteiger partial charge in [0.05, 0.1) is 5.56 Å². The molecule has 0 saturated heterocycles. The molecule has 8 heteroatoms. The Hall–Kier alpha value is -0.860. The van der Waals surface area contributed by atoms with Gasteiger partial charge in [-0.1, -0.05) is 15.9 Å². The highest BCUT2D eigenvalue weighted by Gasteiger charge is 2.31. The number of amides is 1. The number of carbonyl (C=O) groups is 1. The Morgan fingerprint density at radius 1 is 1.20 bits per heavy atom. The Labute approximate surface area is 133 Å². The predicted octanol–water partition coefficient (Wildman–Crippen LogP) is 5.54. The summed E-state index contributed by atoms with van der Waals surface area (Å²) in [6.45, 7) is 0. The molecule has 20 heavy (non-hydrogen) atoms. The summed E-state index contributed by atoms with van der Waals surface area (Å²) in [6, 6.07) is 4.96. The van der Waals surface area contributed by atoms with Crippen LogP contribution in [0.2, 0.25) is 0 Å². The van der Waals surface area contributed by atoms with Gasteiger partial charge in [-0.3, -0.25) is 4.79 Å². The molecule has 0 atom stereocenters. The number of alkyl halides is 3. The number of benzene rings is 1. The molecule has 2 aromatic rings. The van der Waals surface area contributed by atoms with Crippen LogP contribution in [0, 0.1) is 0 Å². The van der Waals surface area contributed by atoms with E-state index in [-0.39, 0.29) is 10.2 Å². The van der Waals surface area contributed by atoms with Crippen LogP contribution in [0.3, 0.4) is 0 Å². The molecule has 1 aromatic carbocycles. The third-order valence-electron chi connectivity index (χ3n) is 2.31. The second-order valence-electron chi connectivity index (χ2n) is 3.78. The minimum Gasteiger partial charge on any atom is -0.321 e. The van der Waals surface area contributed by atoms with Crippen molar-refractivity contribution in [1.29, 1.82) is 0 Å². The highest BCUT2D eigenvalue weighted by Crippen LogP contribution is 2.33. The van der Waals surface area contributed by atoms with Crippen molar-refractivity contribution in [3.63, 3.8) is 0 Å². The molecule has 0 aliphatic rings. The Kier molecular flexibility index (Phi) is 4.55. The van der Waals surface area contributed by atoms with Crippen molar-refractivity contribution in [1.82, 2.24) is 0 Å². The fraction of sp³-hybridized carbons (Fsp3) is 0.0833. The van der Waals surface area contributed by atoms with Gasteiger partial charge in [0.1, 0.15) is 4.88 Å². The summed E-state index contributed by atoms with van der Waals surface area (Å²) in [5, 5.41) is 4.16. The summed E-state index contributed by atoms with van der Waals surface area (Å²) < 4.78 is 38.9. The SMILES string of the molecule is O=C(Nc1cc(Br)cc(C(F)(F)F)c1)c1sccc1Br. The molecule has 1 amide bonds. The summed E-state index contributed by atoms with van der Waals surface area (Å²) in [6.07, 6.45) is -4.47. The lowest BCUT2D eigenvalue weighted by Gasteiger charge is -2.10. The summed E-state index contributed by atoms with van der Waals surface area (Å²) >= 11 is 7.40. The van der Waals surface area contributed by atoms with Crippen LogP contribution >= 0.6 is 43.2 Å². The summed E-state index contributed by atoms with van der Waals surface area (Å²) in [4.78, 5) is 12.3. The van der Waals surface area contributed by atoms with E-state index in [0.717, 1.165) is 12.1 Å². The van der Waals surface area contributed by atoms with E-state index in [2.05, 4.69) is 37.2 Å². The molecule has 0 spiro atoms. The number of thiophene rings is 1. The van der Waals surface area contributed by atoms with Crippen LogP contribution in [0.15, 0.2) is 38.6 Å². The minimum absolute atomic E-state index is 0.0806. The molecule has 1 heterocycles. The van der Waals surface area contributed by atoms with Gasteiger partial charge in [-0.2, -0.15) is 13.2 Å². The van der Waals surface area contributed by atoms with Crippen molar-refractivity contribution in [2.24, 2.45) is 0 Å². The van der Waals surface area contributed by atoms with Crippen molar-refractivity contribution in [2.75, 3.05) is 5.32 Å². The zero-order valence-electron chi connectivity index (χ0n) is 9.59. The molecule has 1 aromatic heterocycles. The monoisotopic (exact) mass is 427 g/mol. The molecule has 0 aliphatic heterocycles. The quantitative estimate of drug-likeness (QED) is 0.668. The van der Waals surface area contributed by atoms with Crippen LogP contribution < -0.4 is 5.32 Å². The van der Waals surface area contributed by atoms with Crippen LogP contribution in [-0.4, -0.2) is 5.91 Å². The lowest BCUT2D eigenvalue weighted by atomic mass is 10.2. The Balaban J connectivity index is 2.28. The number of carbonyl (C=O) groups excluding carboxylic acids is 1. The minimum atomic E-state index is -4.47. The number of nitrogens with one attached hydrogen (secondary N) is 1. The van der Waals surface area contributed by atoms with Crippen molar-refractivity contribution in [3.05, 3.63) is 49.0 Å². The molecular weight excluding hydrogens is 423 g/mol. The molecule has 0 bridgehead atoms. The zero-order valence-corrected chi connectivity index (χ0v) is 13.6. The molecule has 106 valence electrons. The highest BCUT2D eigenvalue weighted by atomic mass is 79.9. The number of halogens is 5. The first-order valence-electron chi connectivity index (χ1n) is 5.19. The standard InChI is InChI=1S/C12H6Br2F3NOS/c13-7-3-6(12(15,16)17)4-8(5-7)18-11(19)10-9(14)1-2-20-10/h1-5H,(H,18,19). The lowest BCUT2D eigenvalue weighted by molar-refractivity contribution is -0.137. The van der Waals surface area contributed by atoms with E-state index in [1.807, 2.05) is 0 Å². The van der Waals surface area contributed by atoms with Crippen LogP contribution in [0.4, 0.5) is 18.9 Å². The van der Waals surface area contributed by atoms with E-state index in [4.69, 9.17) is 0 Å². The second-order valence-corrected chi connectivity index (χ2v) is 6.46. The number of rotatable bonds is 2. The molecule has 2 nitrogen and oxygen atoms in total. The third kappa shape index (κ3) is 3.62. The van der Waals surface area contributed by atoms with Crippen molar-refractivity contribution < 1.29 is 18.0 Å². The fourth-order valence-corrected chi connectivity index (χ4v) is 3.41. The number of hydrogen-bond acceptors (Lipinski definition) is 2. The van der Waals surface area contributed by atoms with Crippen LogP contribution in [0.1, 0.15) is 15.2 Å². The van der Waals surface area contributed by atoms with Gasteiger partial charge >= 0.3 is 6.18 Å². The van der Waals surface area contributed by atoms with E-state index < -0.39 is 17.6 Å². The number of hydrogen-bond donors (Lipinski definition) is 1. The van der Waals surface area contributed by atoms with Gasteiger partial charge < -0.3 is 5.32 Å². The Morgan fingerprint density at radius 3 is 2.45 bits per heavy atom. The van der Waals surface area contributed by atoms with E-state index in [1.165, 1.54) is 17.4 Å². The molecular formula is C12H6Br2F3NOS. The smallest absolute Gasteiger partial charge is 0.321 e. The highest BCUT2D eigenvalue weighted by molar-refractivity contribution is 9.10. The average molecular weight is 429 g/mol. The van der Waals surface area contributed by atoms with Crippen LogP contribution in [-0.2, 0) is 6.18 Å². The Morgan fingerprint density at radius 2 is 1.90 bits per heavy atom. The summed E-state index contributed by atoms with van der Waals surface area (Å²) in [7, 11) is 0. The van der Waals surface area contributed by atoms with Gasteiger partial charge in [0.2, 0.25) is 0 Å². The Bertz CT molecular complexity index is 654. The molecule has 0 unspecified atom stereocenters. The van der Waals surface area contributed by atoms with Gasteiger partial charge in [-0.15, -0.1) is 11.3 Å². The van der Waals surface area contributed by atoms with Gasteiger partial charge in [-0.25, -0.2) is 0 Å². The maximum Gasteiger partial charge on any atom is 0.416 e. The predicted molar refractivity (Wildman–Crippen MR) is 79.1 cm³/mol. The third-order valence-corrected chi connectivity index (χ3v) is 4.60. The first-order valence-corrected chi connectivity index (χ1v) is 7.66. The van der Waals surface area contributed by atoms with Gasteiger partial charge in [0.15, 0.2) is 0 Å². The van der Waals surface area contributed by atoms with Gasteiger partial charge in [-0.05, 0) is 45.6 Å². The molecule has 0 radical (unpaired) electrons. The normalized spacial score (nSPS) is 11.4. The molecule has 1 N–H and O–H groups in total. The fourth-order valence-electron chi connectivity index (χ4n) is 1.47. The molecule has 0 fully saturated rings. The first-order chi connectivity index (χ1) is 9.27. The van der Waals surface area contributed by atoms with E-state index in [9.17, 15) is 18.0 Å². The molecule has 0 aliphatic carbocycles. The van der Waals surface area contributed by atoms with Crippen molar-refractivity contribution in [3.8, 4) is 0 Å². The average Bonchev–Trinajstić information content (AvgIpc) is 2.73. The van der Waals surface area contributed by atoms with E-state index in [0.29, 0.717) is 9.35 Å². The second kappa shape index (κ2) is 5.87. The summed E-state index contributed by atoms with van der Waals surface area (Å²) in [5.74, 6) is -0.460.